The van der Waals surface area contributed by atoms with Gasteiger partial charge in [0.25, 0.3) is 0 Å². The Labute approximate surface area is 563 Å². The van der Waals surface area contributed by atoms with E-state index in [1.807, 2.05) is 21.1 Å². The summed E-state index contributed by atoms with van der Waals surface area (Å²) >= 11 is 0. The van der Waals surface area contributed by atoms with Gasteiger partial charge in [0.05, 0.1) is 40.3 Å². The molecule has 91 heavy (non-hydrogen) atoms. The van der Waals surface area contributed by atoms with E-state index in [9.17, 15) is 19.5 Å². The van der Waals surface area contributed by atoms with Crippen LogP contribution in [0.1, 0.15) is 361 Å². The lowest BCUT2D eigenvalue weighted by Crippen LogP contribution is -2.44. The van der Waals surface area contributed by atoms with Crippen LogP contribution in [0.3, 0.4) is 0 Å². The highest BCUT2D eigenvalue weighted by atomic mass is 16.7. The summed E-state index contributed by atoms with van der Waals surface area (Å²) in [7, 11) is 5.94. The van der Waals surface area contributed by atoms with Gasteiger partial charge >= 0.3 is 11.9 Å². The smallest absolute Gasteiger partial charge is 0.306 e. The Bertz CT molecular complexity index is 1770. The maximum absolute atomic E-state index is 13.0. The van der Waals surface area contributed by atoms with Gasteiger partial charge in [0.2, 0.25) is 0 Å². The first kappa shape index (κ1) is 87.5. The number of carbonyl (C=O) groups excluding carboxylic acids is 3. The summed E-state index contributed by atoms with van der Waals surface area (Å²) in [5.74, 6) is -2.26. The number of aliphatic carboxylic acids is 1. The molecule has 0 aliphatic carbocycles. The molecule has 528 valence electrons. The number of likely N-dealkylation sites (N-methyl/N-ethyl adjacent to an activating group) is 1. The van der Waals surface area contributed by atoms with E-state index < -0.39 is 24.3 Å². The monoisotopic (exact) mass is 1270 g/mol. The van der Waals surface area contributed by atoms with E-state index >= 15 is 0 Å². The first-order valence-corrected chi connectivity index (χ1v) is 38.7. The fourth-order valence-electron chi connectivity index (χ4n) is 11.3. The lowest BCUT2D eigenvalue weighted by Gasteiger charge is -2.26. The number of carboxylic acid groups (broad SMARTS) is 1. The number of esters is 2. The molecule has 0 aromatic carbocycles. The van der Waals surface area contributed by atoms with Gasteiger partial charge in [-0.3, -0.25) is 9.59 Å². The molecule has 0 bridgehead atoms. The Morgan fingerprint density at radius 1 is 0.341 bits per heavy atom. The molecule has 2 unspecified atom stereocenters. The van der Waals surface area contributed by atoms with Crippen molar-refractivity contribution in [3.63, 3.8) is 0 Å². The van der Waals surface area contributed by atoms with Gasteiger partial charge in [0, 0.05) is 12.8 Å². The number of unbranched alkanes of at least 4 members (excludes halogenated alkanes) is 43. The van der Waals surface area contributed by atoms with E-state index in [1.54, 1.807) is 0 Å². The molecular formula is C82H147NO8. The standard InChI is InChI=1S/C82H147NO8/c1-6-8-10-12-14-16-18-20-22-24-26-28-30-32-34-35-36-37-38-39-40-41-42-43-44-45-47-49-51-53-55-57-59-61-63-65-67-69-71-73-80(85)91-78(77-90-82(81(86)87)88-75-74-83(3,4)5)76-89-79(84)72-70-68-66-64-62-60-58-56-54-52-50-48-46-33-31-29-27-25-23-21-19-17-15-13-11-9-7-2/h8,10,14,16,20,22,26,28,32,34,36-37,39-40,78,82H,6-7,9,11-13,15,17-19,21,23-25,27,29-31,33,35,38,41-77H2,1-5H3/b10-8-,16-14-,22-20-,28-26-,34-32-,37-36-,40-39-. The minimum absolute atomic E-state index is 0.148. The summed E-state index contributed by atoms with van der Waals surface area (Å²) in [6.45, 7) is 4.69. The third-order valence-corrected chi connectivity index (χ3v) is 17.2. The Morgan fingerprint density at radius 3 is 0.934 bits per heavy atom. The van der Waals surface area contributed by atoms with Crippen molar-refractivity contribution in [3.8, 4) is 0 Å². The van der Waals surface area contributed by atoms with Crippen molar-refractivity contribution in [3.05, 3.63) is 85.1 Å². The normalized spacial score (nSPS) is 13.1. The molecule has 0 aromatic rings. The van der Waals surface area contributed by atoms with E-state index in [-0.39, 0.29) is 32.2 Å². The van der Waals surface area contributed by atoms with Crippen molar-refractivity contribution in [2.24, 2.45) is 0 Å². The van der Waals surface area contributed by atoms with Gasteiger partial charge in [-0.05, 0) is 70.6 Å². The zero-order valence-electron chi connectivity index (χ0n) is 60.5. The largest absolute Gasteiger partial charge is 0.545 e. The summed E-state index contributed by atoms with van der Waals surface area (Å²) in [5.41, 5.74) is 0. The first-order chi connectivity index (χ1) is 44.6. The van der Waals surface area contributed by atoms with Crippen molar-refractivity contribution in [2.75, 3.05) is 47.5 Å². The minimum Gasteiger partial charge on any atom is -0.545 e. The van der Waals surface area contributed by atoms with E-state index in [0.717, 1.165) is 77.0 Å². The molecule has 0 radical (unpaired) electrons. The lowest BCUT2D eigenvalue weighted by molar-refractivity contribution is -0.870. The van der Waals surface area contributed by atoms with E-state index in [0.29, 0.717) is 23.9 Å². The molecular weight excluding hydrogens is 1130 g/mol. The van der Waals surface area contributed by atoms with Crippen LogP contribution in [-0.4, -0.2) is 82.3 Å². The third kappa shape index (κ3) is 73.7. The number of rotatable bonds is 72. The van der Waals surface area contributed by atoms with Crippen LogP contribution in [0.25, 0.3) is 0 Å². The predicted molar refractivity (Wildman–Crippen MR) is 389 cm³/mol. The summed E-state index contributed by atoms with van der Waals surface area (Å²) in [6.07, 6.45) is 95.5. The molecule has 0 rings (SSSR count). The highest BCUT2D eigenvalue weighted by Gasteiger charge is 2.22. The second-order valence-corrected chi connectivity index (χ2v) is 27.3. The van der Waals surface area contributed by atoms with Gasteiger partial charge < -0.3 is 33.3 Å². The molecule has 0 spiro atoms. The number of quaternary nitrogens is 1. The zero-order valence-corrected chi connectivity index (χ0v) is 60.5. The van der Waals surface area contributed by atoms with Crippen LogP contribution in [0.15, 0.2) is 85.1 Å². The van der Waals surface area contributed by atoms with Gasteiger partial charge in [-0.1, -0.05) is 362 Å². The molecule has 0 aromatic heterocycles. The fraction of sp³-hybridized carbons (Fsp3) is 0.793. The zero-order chi connectivity index (χ0) is 66.1. The third-order valence-electron chi connectivity index (χ3n) is 17.2. The molecule has 0 N–H and O–H groups in total. The van der Waals surface area contributed by atoms with Crippen molar-refractivity contribution in [1.82, 2.24) is 0 Å². The predicted octanol–water partition coefficient (Wildman–Crippen LogP) is 23.3. The van der Waals surface area contributed by atoms with Gasteiger partial charge in [0.15, 0.2) is 12.4 Å². The van der Waals surface area contributed by atoms with Gasteiger partial charge in [0.1, 0.15) is 13.2 Å². The Kier molecular flexibility index (Phi) is 69.5. The summed E-state index contributed by atoms with van der Waals surface area (Å²) in [5, 5.41) is 11.8. The summed E-state index contributed by atoms with van der Waals surface area (Å²) in [4.78, 5) is 37.6. The Balaban J connectivity index is 4.02. The van der Waals surface area contributed by atoms with Crippen LogP contribution < -0.4 is 5.11 Å². The highest BCUT2D eigenvalue weighted by molar-refractivity contribution is 5.70. The molecule has 0 aliphatic rings. The number of hydrogen-bond donors (Lipinski definition) is 0. The maximum Gasteiger partial charge on any atom is 0.306 e. The maximum atomic E-state index is 13.0. The average molecular weight is 1280 g/mol. The molecule has 0 saturated carbocycles. The van der Waals surface area contributed by atoms with Crippen molar-refractivity contribution in [1.29, 1.82) is 0 Å². The van der Waals surface area contributed by atoms with E-state index in [1.165, 1.54) is 250 Å². The average Bonchev–Trinajstić information content (AvgIpc) is 3.46. The second kappa shape index (κ2) is 72.3. The molecule has 0 saturated heterocycles. The van der Waals surface area contributed by atoms with Crippen LogP contribution in [0.4, 0.5) is 0 Å². The summed E-state index contributed by atoms with van der Waals surface area (Å²) in [6, 6.07) is 0. The Morgan fingerprint density at radius 2 is 0.626 bits per heavy atom. The second-order valence-electron chi connectivity index (χ2n) is 27.3. The number of carbonyl (C=O) groups is 3. The molecule has 2 atom stereocenters. The van der Waals surface area contributed by atoms with Crippen LogP contribution in [0, 0.1) is 0 Å². The van der Waals surface area contributed by atoms with Crippen molar-refractivity contribution in [2.45, 2.75) is 373 Å². The Hall–Kier alpha value is -3.53. The molecule has 0 heterocycles. The first-order valence-electron chi connectivity index (χ1n) is 38.7. The number of allylic oxidation sites excluding steroid dienone is 14. The van der Waals surface area contributed by atoms with Gasteiger partial charge in [-0.25, -0.2) is 0 Å². The number of carboxylic acids is 1. The number of nitrogens with zero attached hydrogens (tertiary/aromatic N) is 1. The van der Waals surface area contributed by atoms with Crippen LogP contribution in [-0.2, 0) is 33.3 Å². The van der Waals surface area contributed by atoms with Gasteiger partial charge in [-0.15, -0.1) is 0 Å². The minimum atomic E-state index is -1.62. The quantitative estimate of drug-likeness (QED) is 0.0195. The number of ether oxygens (including phenoxy) is 4. The number of hydrogen-bond acceptors (Lipinski definition) is 8. The molecule has 0 fully saturated rings. The van der Waals surface area contributed by atoms with Crippen LogP contribution in [0.5, 0.6) is 0 Å². The summed E-state index contributed by atoms with van der Waals surface area (Å²) < 4.78 is 22.9. The van der Waals surface area contributed by atoms with Crippen molar-refractivity contribution < 1.29 is 42.9 Å². The molecule has 0 aliphatic heterocycles. The highest BCUT2D eigenvalue weighted by Crippen LogP contribution is 2.19. The molecule has 9 heteroatoms. The van der Waals surface area contributed by atoms with E-state index in [2.05, 4.69) is 98.9 Å². The molecule has 0 amide bonds. The van der Waals surface area contributed by atoms with Crippen LogP contribution >= 0.6 is 0 Å². The SMILES string of the molecule is CC/C=C\C/C=C\C/C=C\C/C=C\C/C=C\C/C=C\C/C=C\CCCCCCCCCCCCCCCCCCCC(=O)OC(COC(=O)CCCCCCCCCCCCCCCCCCCCCCCCCCCCC)COC(OCC[N+](C)(C)C)C(=O)[O-]. The molecule has 9 nitrogen and oxygen atoms in total. The van der Waals surface area contributed by atoms with Crippen LogP contribution in [0.2, 0.25) is 0 Å². The topological polar surface area (TPSA) is 111 Å². The lowest BCUT2D eigenvalue weighted by atomic mass is 10.0. The van der Waals surface area contributed by atoms with E-state index in [4.69, 9.17) is 18.9 Å². The van der Waals surface area contributed by atoms with Crippen molar-refractivity contribution >= 4 is 17.9 Å². The fourth-order valence-corrected chi connectivity index (χ4v) is 11.3. The van der Waals surface area contributed by atoms with Gasteiger partial charge in [-0.2, -0.15) is 0 Å².